The molecule has 116 valence electrons. The number of aromatic hydroxyl groups is 1. The van der Waals surface area contributed by atoms with Crippen LogP contribution in [0, 0.1) is 0 Å². The predicted octanol–water partition coefficient (Wildman–Crippen LogP) is 4.91. The lowest BCUT2D eigenvalue weighted by atomic mass is 9.65. The number of benzene rings is 2. The van der Waals surface area contributed by atoms with Crippen molar-refractivity contribution >= 4 is 12.6 Å². The fourth-order valence-corrected chi connectivity index (χ4v) is 3.77. The van der Waals surface area contributed by atoms with Crippen LogP contribution in [0.2, 0.25) is 0 Å². The van der Waals surface area contributed by atoms with Gasteiger partial charge < -0.3 is 9.84 Å². The van der Waals surface area contributed by atoms with Crippen LogP contribution in [-0.2, 0) is 5.41 Å². The Morgan fingerprint density at radius 1 is 0.864 bits per heavy atom. The van der Waals surface area contributed by atoms with Crippen LogP contribution in [0.5, 0.6) is 11.5 Å². The average molecular weight is 314 g/mol. The smallest absolute Gasteiger partial charge is 0.131 e. The predicted molar refractivity (Wildman–Crippen MR) is 92.9 cm³/mol. The standard InChI is InChI=1S/C19H22O2S/c20-17-8-4-15(5-9-17)19(12-2-1-3-13-19)16-6-10-18(11-7-16)21-14-22/h4-11,20,22H,1-3,12-14H2. The summed E-state index contributed by atoms with van der Waals surface area (Å²) in [6, 6.07) is 16.1. The van der Waals surface area contributed by atoms with E-state index in [0.717, 1.165) is 18.6 Å². The number of phenolic OH excluding ortho intramolecular Hbond substituents is 1. The Morgan fingerprint density at radius 3 is 1.95 bits per heavy atom. The lowest BCUT2D eigenvalue weighted by molar-refractivity contribution is 0.344. The molecular formula is C19H22O2S. The molecule has 0 bridgehead atoms. The molecule has 2 aromatic rings. The van der Waals surface area contributed by atoms with E-state index < -0.39 is 0 Å². The van der Waals surface area contributed by atoms with Gasteiger partial charge in [0.15, 0.2) is 0 Å². The van der Waals surface area contributed by atoms with E-state index in [1.807, 2.05) is 12.1 Å². The topological polar surface area (TPSA) is 29.5 Å². The quantitative estimate of drug-likeness (QED) is 0.620. The summed E-state index contributed by atoms with van der Waals surface area (Å²) in [4.78, 5) is 0. The highest BCUT2D eigenvalue weighted by atomic mass is 32.1. The molecule has 0 spiro atoms. The molecule has 2 aromatic carbocycles. The molecule has 1 N–H and O–H groups in total. The van der Waals surface area contributed by atoms with Gasteiger partial charge in [0.1, 0.15) is 17.4 Å². The maximum Gasteiger partial charge on any atom is 0.131 e. The molecule has 0 amide bonds. The molecule has 0 aliphatic heterocycles. The van der Waals surface area contributed by atoms with Crippen LogP contribution in [0.25, 0.3) is 0 Å². The highest BCUT2D eigenvalue weighted by Crippen LogP contribution is 2.45. The van der Waals surface area contributed by atoms with Gasteiger partial charge in [0.05, 0.1) is 0 Å². The van der Waals surface area contributed by atoms with Gasteiger partial charge in [0, 0.05) is 5.41 Å². The molecule has 3 rings (SSSR count). The van der Waals surface area contributed by atoms with Gasteiger partial charge in [-0.2, -0.15) is 0 Å². The van der Waals surface area contributed by atoms with Crippen LogP contribution in [0.1, 0.15) is 43.2 Å². The first-order chi connectivity index (χ1) is 10.7. The molecule has 1 aliphatic rings. The monoisotopic (exact) mass is 314 g/mol. The van der Waals surface area contributed by atoms with Crippen molar-refractivity contribution in [1.29, 1.82) is 0 Å². The molecule has 3 heteroatoms. The van der Waals surface area contributed by atoms with E-state index in [9.17, 15) is 5.11 Å². The van der Waals surface area contributed by atoms with Gasteiger partial charge in [-0.05, 0) is 48.2 Å². The first-order valence-corrected chi connectivity index (χ1v) is 8.51. The van der Waals surface area contributed by atoms with Crippen molar-refractivity contribution < 1.29 is 9.84 Å². The van der Waals surface area contributed by atoms with Crippen LogP contribution < -0.4 is 4.74 Å². The van der Waals surface area contributed by atoms with Crippen LogP contribution in [0.3, 0.4) is 0 Å². The van der Waals surface area contributed by atoms with E-state index in [1.54, 1.807) is 12.1 Å². The van der Waals surface area contributed by atoms with E-state index in [1.165, 1.54) is 30.4 Å². The molecule has 2 nitrogen and oxygen atoms in total. The minimum Gasteiger partial charge on any atom is -0.508 e. The van der Waals surface area contributed by atoms with E-state index in [0.29, 0.717) is 11.7 Å². The maximum atomic E-state index is 9.58. The zero-order valence-electron chi connectivity index (χ0n) is 12.7. The second-order valence-corrected chi connectivity index (χ2v) is 6.25. The molecule has 1 saturated carbocycles. The molecule has 0 atom stereocenters. The number of thiol groups is 1. The Balaban J connectivity index is 2.00. The molecule has 0 heterocycles. The zero-order valence-corrected chi connectivity index (χ0v) is 13.6. The lowest BCUT2D eigenvalue weighted by Crippen LogP contribution is -2.30. The Labute approximate surface area is 137 Å². The molecule has 0 radical (unpaired) electrons. The Morgan fingerprint density at radius 2 is 1.41 bits per heavy atom. The fourth-order valence-electron chi connectivity index (χ4n) is 3.62. The van der Waals surface area contributed by atoms with E-state index in [4.69, 9.17) is 4.74 Å². The van der Waals surface area contributed by atoms with E-state index in [2.05, 4.69) is 36.9 Å². The summed E-state index contributed by atoms with van der Waals surface area (Å²) in [5, 5.41) is 9.58. The van der Waals surface area contributed by atoms with Gasteiger partial charge in [-0.1, -0.05) is 43.5 Å². The fraction of sp³-hybridized carbons (Fsp3) is 0.368. The van der Waals surface area contributed by atoms with Crippen molar-refractivity contribution in [2.24, 2.45) is 0 Å². The van der Waals surface area contributed by atoms with Crippen molar-refractivity contribution in [1.82, 2.24) is 0 Å². The highest BCUT2D eigenvalue weighted by Gasteiger charge is 2.35. The van der Waals surface area contributed by atoms with Gasteiger partial charge in [0.2, 0.25) is 0 Å². The maximum absolute atomic E-state index is 9.58. The van der Waals surface area contributed by atoms with Crippen molar-refractivity contribution in [3.63, 3.8) is 0 Å². The molecule has 1 fully saturated rings. The Bertz CT molecular complexity index is 598. The molecular weight excluding hydrogens is 292 g/mol. The zero-order chi connectivity index (χ0) is 15.4. The number of hydrogen-bond acceptors (Lipinski definition) is 3. The third kappa shape index (κ3) is 2.95. The summed E-state index contributed by atoms with van der Waals surface area (Å²) in [5.41, 5.74) is 2.70. The molecule has 0 unspecified atom stereocenters. The summed E-state index contributed by atoms with van der Waals surface area (Å²) in [6.07, 6.45) is 6.11. The van der Waals surface area contributed by atoms with Gasteiger partial charge in [-0.25, -0.2) is 0 Å². The number of phenols is 1. The van der Waals surface area contributed by atoms with Crippen LogP contribution in [-0.4, -0.2) is 11.0 Å². The van der Waals surface area contributed by atoms with Crippen molar-refractivity contribution in [2.45, 2.75) is 37.5 Å². The Kier molecular flexibility index (Phi) is 4.63. The minimum atomic E-state index is 0.0610. The van der Waals surface area contributed by atoms with Crippen molar-refractivity contribution in [2.75, 3.05) is 5.94 Å². The average Bonchev–Trinajstić information content (AvgIpc) is 2.57. The SMILES string of the molecule is Oc1ccc(C2(c3ccc(OCS)cc3)CCCCC2)cc1. The normalized spacial score (nSPS) is 17.1. The van der Waals surface area contributed by atoms with Gasteiger partial charge in [-0.3, -0.25) is 0 Å². The van der Waals surface area contributed by atoms with E-state index >= 15 is 0 Å². The number of hydrogen-bond donors (Lipinski definition) is 2. The second kappa shape index (κ2) is 6.66. The number of rotatable bonds is 4. The van der Waals surface area contributed by atoms with Gasteiger partial charge in [0.25, 0.3) is 0 Å². The van der Waals surface area contributed by atoms with Crippen molar-refractivity contribution in [3.05, 3.63) is 59.7 Å². The molecule has 0 aromatic heterocycles. The lowest BCUT2D eigenvalue weighted by Gasteiger charge is -2.38. The largest absolute Gasteiger partial charge is 0.508 e. The third-order valence-electron chi connectivity index (χ3n) is 4.77. The highest BCUT2D eigenvalue weighted by molar-refractivity contribution is 7.80. The summed E-state index contributed by atoms with van der Waals surface area (Å²) >= 11 is 4.10. The minimum absolute atomic E-state index is 0.0610. The second-order valence-electron chi connectivity index (χ2n) is 5.99. The third-order valence-corrected chi connectivity index (χ3v) is 4.89. The summed E-state index contributed by atoms with van der Waals surface area (Å²) in [6.45, 7) is 0. The Hall–Kier alpha value is -1.61. The number of ether oxygens (including phenoxy) is 1. The summed E-state index contributed by atoms with van der Waals surface area (Å²) in [5.74, 6) is 1.57. The molecule has 0 saturated heterocycles. The first kappa shape index (κ1) is 15.3. The van der Waals surface area contributed by atoms with Crippen LogP contribution in [0.15, 0.2) is 48.5 Å². The van der Waals surface area contributed by atoms with Crippen LogP contribution >= 0.6 is 12.6 Å². The van der Waals surface area contributed by atoms with Crippen LogP contribution in [0.4, 0.5) is 0 Å². The molecule has 1 aliphatic carbocycles. The van der Waals surface area contributed by atoms with E-state index in [-0.39, 0.29) is 5.41 Å². The molecule has 22 heavy (non-hydrogen) atoms. The van der Waals surface area contributed by atoms with Gasteiger partial charge >= 0.3 is 0 Å². The summed E-state index contributed by atoms with van der Waals surface area (Å²) < 4.78 is 5.43. The van der Waals surface area contributed by atoms with Crippen molar-refractivity contribution in [3.8, 4) is 11.5 Å². The van der Waals surface area contributed by atoms with Gasteiger partial charge in [-0.15, -0.1) is 12.6 Å². The first-order valence-electron chi connectivity index (χ1n) is 7.88. The summed E-state index contributed by atoms with van der Waals surface area (Å²) in [7, 11) is 0.